The highest BCUT2D eigenvalue weighted by Crippen LogP contribution is 2.31. The minimum absolute atomic E-state index is 0.0855. The van der Waals surface area contributed by atoms with Crippen molar-refractivity contribution in [1.82, 2.24) is 0 Å². The third kappa shape index (κ3) is 3.05. The van der Waals surface area contributed by atoms with Crippen LogP contribution in [0.2, 0.25) is 0 Å². The van der Waals surface area contributed by atoms with E-state index in [0.717, 1.165) is 12.0 Å². The highest BCUT2D eigenvalue weighted by Gasteiger charge is 2.22. The third-order valence-corrected chi connectivity index (χ3v) is 3.08. The van der Waals surface area contributed by atoms with Gasteiger partial charge in [0.1, 0.15) is 5.82 Å². The fourth-order valence-electron chi connectivity index (χ4n) is 2.08. The van der Waals surface area contributed by atoms with Crippen LogP contribution < -0.4 is 0 Å². The molecule has 0 fully saturated rings. The van der Waals surface area contributed by atoms with Crippen LogP contribution in [0.25, 0.3) is 0 Å². The number of benzene rings is 1. The number of rotatable bonds is 4. The summed E-state index contributed by atoms with van der Waals surface area (Å²) in [6.07, 6.45) is 3.51. The molecule has 0 aromatic heterocycles. The van der Waals surface area contributed by atoms with Crippen LogP contribution in [0.3, 0.4) is 0 Å². The monoisotopic (exact) mass is 208 g/mol. The van der Waals surface area contributed by atoms with Crippen LogP contribution in [0.15, 0.2) is 18.2 Å². The predicted octanol–water partition coefficient (Wildman–Crippen LogP) is 4.60. The van der Waals surface area contributed by atoms with Gasteiger partial charge in [0.2, 0.25) is 0 Å². The van der Waals surface area contributed by atoms with Crippen LogP contribution in [-0.4, -0.2) is 0 Å². The Kier molecular flexibility index (Phi) is 3.90. The molecule has 0 aliphatic carbocycles. The van der Waals surface area contributed by atoms with Gasteiger partial charge in [-0.15, -0.1) is 0 Å². The molecule has 0 radical (unpaired) electrons. The summed E-state index contributed by atoms with van der Waals surface area (Å²) in [5.74, 6) is -0.125. The molecule has 0 unspecified atom stereocenters. The molecule has 0 heterocycles. The van der Waals surface area contributed by atoms with Gasteiger partial charge in [0.05, 0.1) is 0 Å². The van der Waals surface area contributed by atoms with E-state index in [0.29, 0.717) is 0 Å². The van der Waals surface area contributed by atoms with Gasteiger partial charge < -0.3 is 0 Å². The molecule has 84 valence electrons. The van der Waals surface area contributed by atoms with E-state index in [-0.39, 0.29) is 11.2 Å². The first-order valence-electron chi connectivity index (χ1n) is 5.74. The number of halogens is 1. The molecule has 0 spiro atoms. The summed E-state index contributed by atoms with van der Waals surface area (Å²) in [5.41, 5.74) is 2.43. The van der Waals surface area contributed by atoms with Crippen LogP contribution in [0.1, 0.15) is 51.2 Å². The molecule has 0 bridgehead atoms. The van der Waals surface area contributed by atoms with Gasteiger partial charge in [0.25, 0.3) is 0 Å². The van der Waals surface area contributed by atoms with Gasteiger partial charge in [0.15, 0.2) is 0 Å². The predicted molar refractivity (Wildman–Crippen MR) is 63.7 cm³/mol. The maximum absolute atomic E-state index is 13.2. The first-order chi connectivity index (χ1) is 6.97. The van der Waals surface area contributed by atoms with Crippen LogP contribution >= 0.6 is 0 Å². The van der Waals surface area contributed by atoms with E-state index in [1.807, 2.05) is 6.07 Å². The third-order valence-electron chi connectivity index (χ3n) is 3.08. The van der Waals surface area contributed by atoms with E-state index in [9.17, 15) is 4.39 Å². The van der Waals surface area contributed by atoms with Crippen LogP contribution in [-0.2, 0) is 5.41 Å². The fourth-order valence-corrected chi connectivity index (χ4v) is 2.08. The average Bonchev–Trinajstić information content (AvgIpc) is 2.18. The second-order valence-corrected chi connectivity index (χ2v) is 4.95. The van der Waals surface area contributed by atoms with E-state index in [1.54, 1.807) is 6.07 Å². The highest BCUT2D eigenvalue weighted by atomic mass is 19.1. The standard InChI is InChI=1S/C14H21F/c1-5-6-9-14(3,4)13-10-12(15)8-7-11(13)2/h7-8,10H,5-6,9H2,1-4H3. The lowest BCUT2D eigenvalue weighted by molar-refractivity contribution is 0.452. The summed E-state index contributed by atoms with van der Waals surface area (Å²) in [7, 11) is 0. The van der Waals surface area contributed by atoms with Crippen molar-refractivity contribution in [1.29, 1.82) is 0 Å². The van der Waals surface area contributed by atoms with Crippen molar-refractivity contribution < 1.29 is 4.39 Å². The van der Waals surface area contributed by atoms with E-state index in [1.165, 1.54) is 24.5 Å². The molecule has 0 aliphatic rings. The summed E-state index contributed by atoms with van der Waals surface area (Å²) < 4.78 is 13.2. The molecule has 15 heavy (non-hydrogen) atoms. The van der Waals surface area contributed by atoms with Crippen molar-refractivity contribution in [3.63, 3.8) is 0 Å². The minimum Gasteiger partial charge on any atom is -0.207 e. The van der Waals surface area contributed by atoms with E-state index >= 15 is 0 Å². The molecule has 0 aliphatic heterocycles. The van der Waals surface area contributed by atoms with Crippen molar-refractivity contribution >= 4 is 0 Å². The molecule has 0 N–H and O–H groups in total. The number of unbranched alkanes of at least 4 members (excludes halogenated alkanes) is 1. The molecular weight excluding hydrogens is 187 g/mol. The topological polar surface area (TPSA) is 0 Å². The Labute approximate surface area is 92.5 Å². The lowest BCUT2D eigenvalue weighted by Crippen LogP contribution is -2.18. The van der Waals surface area contributed by atoms with Crippen LogP contribution in [0, 0.1) is 12.7 Å². The van der Waals surface area contributed by atoms with Gasteiger partial charge in [0, 0.05) is 0 Å². The summed E-state index contributed by atoms with van der Waals surface area (Å²) in [5, 5.41) is 0. The molecule has 0 nitrogen and oxygen atoms in total. The maximum Gasteiger partial charge on any atom is 0.123 e. The Hall–Kier alpha value is -0.850. The number of hydrogen-bond donors (Lipinski definition) is 0. The zero-order valence-electron chi connectivity index (χ0n) is 10.2. The Morgan fingerprint density at radius 2 is 1.93 bits per heavy atom. The molecule has 0 saturated heterocycles. The number of hydrogen-bond acceptors (Lipinski definition) is 0. The normalized spacial score (nSPS) is 11.8. The molecule has 0 atom stereocenters. The Morgan fingerprint density at radius 1 is 1.27 bits per heavy atom. The second-order valence-electron chi connectivity index (χ2n) is 4.95. The van der Waals surface area contributed by atoms with Crippen molar-refractivity contribution in [2.75, 3.05) is 0 Å². The van der Waals surface area contributed by atoms with Gasteiger partial charge in [-0.05, 0) is 42.0 Å². The maximum atomic E-state index is 13.2. The van der Waals surface area contributed by atoms with Crippen LogP contribution in [0.4, 0.5) is 4.39 Å². The summed E-state index contributed by atoms with van der Waals surface area (Å²) in [6.45, 7) is 8.64. The molecule has 0 saturated carbocycles. The summed E-state index contributed by atoms with van der Waals surface area (Å²) in [6, 6.07) is 5.10. The van der Waals surface area contributed by atoms with Crippen molar-refractivity contribution in [3.8, 4) is 0 Å². The molecular formula is C14H21F. The second kappa shape index (κ2) is 4.78. The Bertz CT molecular complexity index is 326. The van der Waals surface area contributed by atoms with Crippen molar-refractivity contribution in [2.45, 2.75) is 52.4 Å². The molecule has 0 amide bonds. The molecule has 1 aromatic carbocycles. The average molecular weight is 208 g/mol. The van der Waals surface area contributed by atoms with Gasteiger partial charge >= 0.3 is 0 Å². The van der Waals surface area contributed by atoms with Gasteiger partial charge in [-0.2, -0.15) is 0 Å². The summed E-state index contributed by atoms with van der Waals surface area (Å²) in [4.78, 5) is 0. The van der Waals surface area contributed by atoms with Crippen LogP contribution in [0.5, 0.6) is 0 Å². The van der Waals surface area contributed by atoms with E-state index in [2.05, 4.69) is 27.7 Å². The van der Waals surface area contributed by atoms with Crippen molar-refractivity contribution in [2.24, 2.45) is 0 Å². The van der Waals surface area contributed by atoms with Gasteiger partial charge in [-0.3, -0.25) is 0 Å². The SMILES string of the molecule is CCCCC(C)(C)c1cc(F)ccc1C. The minimum atomic E-state index is -0.125. The van der Waals surface area contributed by atoms with Gasteiger partial charge in [-0.1, -0.05) is 39.7 Å². The fraction of sp³-hybridized carbons (Fsp3) is 0.571. The lowest BCUT2D eigenvalue weighted by atomic mass is 9.78. The quantitative estimate of drug-likeness (QED) is 0.678. The van der Waals surface area contributed by atoms with E-state index < -0.39 is 0 Å². The summed E-state index contributed by atoms with van der Waals surface area (Å²) >= 11 is 0. The molecule has 1 aromatic rings. The van der Waals surface area contributed by atoms with E-state index in [4.69, 9.17) is 0 Å². The van der Waals surface area contributed by atoms with Crippen molar-refractivity contribution in [3.05, 3.63) is 35.1 Å². The Balaban J connectivity index is 2.97. The van der Waals surface area contributed by atoms with Gasteiger partial charge in [-0.25, -0.2) is 4.39 Å². The smallest absolute Gasteiger partial charge is 0.123 e. The number of aryl methyl sites for hydroxylation is 1. The Morgan fingerprint density at radius 3 is 2.53 bits per heavy atom. The zero-order valence-corrected chi connectivity index (χ0v) is 10.2. The largest absolute Gasteiger partial charge is 0.207 e. The zero-order chi connectivity index (χ0) is 11.5. The molecule has 1 rings (SSSR count). The first kappa shape index (κ1) is 12.2. The first-order valence-corrected chi connectivity index (χ1v) is 5.74. The lowest BCUT2D eigenvalue weighted by Gasteiger charge is -2.27. The highest BCUT2D eigenvalue weighted by molar-refractivity contribution is 5.32. The molecule has 1 heteroatoms.